The lowest BCUT2D eigenvalue weighted by Gasteiger charge is -2.05. The van der Waals surface area contributed by atoms with E-state index in [9.17, 15) is 4.79 Å². The molecule has 2 nitrogen and oxygen atoms in total. The topological polar surface area (TPSA) is 29.1 Å². The lowest BCUT2D eigenvalue weighted by atomic mass is 10.2. The third kappa shape index (κ3) is 2.49. The molecular weight excluding hydrogens is 182 g/mol. The van der Waals surface area contributed by atoms with Gasteiger partial charge in [0.05, 0.1) is 5.56 Å². The Morgan fingerprint density at radius 1 is 1.46 bits per heavy atom. The quantitative estimate of drug-likeness (QED) is 0.749. The van der Waals surface area contributed by atoms with E-state index >= 15 is 0 Å². The fraction of sp³-hybridized carbons (Fsp3) is 0.300. The number of carbonyl (C=O) groups excluding carboxylic acids is 1. The first-order chi connectivity index (χ1) is 6.29. The molecule has 1 N–H and O–H groups in total. The number of nitrogens with one attached hydrogen (secondary N) is 1. The van der Waals surface area contributed by atoms with Crippen LogP contribution in [0, 0.1) is 0 Å². The highest BCUT2D eigenvalue weighted by atomic mass is 32.2. The summed E-state index contributed by atoms with van der Waals surface area (Å²) in [5.74, 6) is 0.963. The average molecular weight is 195 g/mol. The second-order valence-electron chi connectivity index (χ2n) is 2.51. The summed E-state index contributed by atoms with van der Waals surface area (Å²) in [4.78, 5) is 12.4. The molecule has 1 aromatic carbocycles. The maximum Gasteiger partial charge on any atom is 0.252 e. The molecule has 0 aliphatic heterocycles. The summed E-state index contributed by atoms with van der Waals surface area (Å²) >= 11 is 1.68. The molecule has 0 heterocycles. The second kappa shape index (κ2) is 4.92. The monoisotopic (exact) mass is 195 g/mol. The van der Waals surface area contributed by atoms with Crippen LogP contribution in [0.15, 0.2) is 29.2 Å². The summed E-state index contributed by atoms with van der Waals surface area (Å²) in [5, 5.41) is 2.63. The largest absolute Gasteiger partial charge is 0.355 e. The Balaban J connectivity index is 2.97. The third-order valence-electron chi connectivity index (χ3n) is 1.66. The Kier molecular flexibility index (Phi) is 3.83. The van der Waals surface area contributed by atoms with E-state index in [0.29, 0.717) is 0 Å². The maximum atomic E-state index is 11.4. The summed E-state index contributed by atoms with van der Waals surface area (Å²) in [7, 11) is 1.65. The molecule has 0 fully saturated rings. The molecule has 0 bridgehead atoms. The van der Waals surface area contributed by atoms with Gasteiger partial charge in [-0.3, -0.25) is 4.79 Å². The van der Waals surface area contributed by atoms with Crippen LogP contribution >= 0.6 is 11.8 Å². The van der Waals surface area contributed by atoms with Crippen molar-refractivity contribution >= 4 is 17.7 Å². The van der Waals surface area contributed by atoms with Crippen LogP contribution in [0.1, 0.15) is 17.3 Å². The zero-order valence-electron chi connectivity index (χ0n) is 7.83. The lowest BCUT2D eigenvalue weighted by Crippen LogP contribution is -2.18. The summed E-state index contributed by atoms with van der Waals surface area (Å²) in [6.07, 6.45) is 0. The number of benzene rings is 1. The van der Waals surface area contributed by atoms with E-state index in [1.165, 1.54) is 0 Å². The predicted molar refractivity (Wildman–Crippen MR) is 56.2 cm³/mol. The van der Waals surface area contributed by atoms with Gasteiger partial charge in [-0.1, -0.05) is 19.1 Å². The molecule has 0 atom stereocenters. The van der Waals surface area contributed by atoms with Crippen LogP contribution in [0.2, 0.25) is 0 Å². The highest BCUT2D eigenvalue weighted by Crippen LogP contribution is 2.21. The summed E-state index contributed by atoms with van der Waals surface area (Å²) in [5.41, 5.74) is 0.761. The molecule has 1 aromatic rings. The van der Waals surface area contributed by atoms with E-state index in [4.69, 9.17) is 0 Å². The van der Waals surface area contributed by atoms with E-state index in [1.54, 1.807) is 18.8 Å². The van der Waals surface area contributed by atoms with Gasteiger partial charge in [-0.2, -0.15) is 0 Å². The van der Waals surface area contributed by atoms with Gasteiger partial charge in [0, 0.05) is 11.9 Å². The zero-order chi connectivity index (χ0) is 9.68. The molecule has 0 aliphatic rings. The molecule has 0 saturated carbocycles. The van der Waals surface area contributed by atoms with Crippen molar-refractivity contribution in [3.05, 3.63) is 29.8 Å². The first-order valence-corrected chi connectivity index (χ1v) is 5.22. The van der Waals surface area contributed by atoms with Gasteiger partial charge in [-0.25, -0.2) is 0 Å². The Bertz CT molecular complexity index is 299. The van der Waals surface area contributed by atoms with Gasteiger partial charge in [0.1, 0.15) is 0 Å². The van der Waals surface area contributed by atoms with Crippen molar-refractivity contribution in [1.29, 1.82) is 0 Å². The molecule has 0 radical (unpaired) electrons. The molecule has 13 heavy (non-hydrogen) atoms. The van der Waals surface area contributed by atoms with Crippen LogP contribution in [0.3, 0.4) is 0 Å². The number of hydrogen-bond donors (Lipinski definition) is 1. The van der Waals surface area contributed by atoms with Crippen LogP contribution in [0.5, 0.6) is 0 Å². The van der Waals surface area contributed by atoms with Gasteiger partial charge >= 0.3 is 0 Å². The van der Waals surface area contributed by atoms with Crippen molar-refractivity contribution in [1.82, 2.24) is 5.32 Å². The van der Waals surface area contributed by atoms with E-state index in [0.717, 1.165) is 16.2 Å². The van der Waals surface area contributed by atoms with E-state index in [2.05, 4.69) is 12.2 Å². The molecular formula is C10H13NOS. The fourth-order valence-corrected chi connectivity index (χ4v) is 1.87. The standard InChI is InChI=1S/C10H13NOS/c1-3-13-9-7-5-4-6-8(9)10(12)11-2/h4-7H,3H2,1-2H3,(H,11,12). The molecule has 0 aliphatic carbocycles. The first kappa shape index (κ1) is 10.1. The van der Waals surface area contributed by atoms with Gasteiger partial charge < -0.3 is 5.32 Å². The minimum Gasteiger partial charge on any atom is -0.355 e. The number of carbonyl (C=O) groups is 1. The maximum absolute atomic E-state index is 11.4. The van der Waals surface area contributed by atoms with Gasteiger partial charge in [0.25, 0.3) is 5.91 Å². The van der Waals surface area contributed by atoms with Crippen molar-refractivity contribution in [3.8, 4) is 0 Å². The van der Waals surface area contributed by atoms with Crippen molar-refractivity contribution < 1.29 is 4.79 Å². The molecule has 0 spiro atoms. The van der Waals surface area contributed by atoms with Crippen molar-refractivity contribution in [3.63, 3.8) is 0 Å². The summed E-state index contributed by atoms with van der Waals surface area (Å²) in [6.45, 7) is 2.07. The highest BCUT2D eigenvalue weighted by Gasteiger charge is 2.07. The Morgan fingerprint density at radius 3 is 2.77 bits per heavy atom. The minimum atomic E-state index is -0.0171. The van der Waals surface area contributed by atoms with Gasteiger partial charge in [-0.15, -0.1) is 11.8 Å². The average Bonchev–Trinajstić information content (AvgIpc) is 2.18. The van der Waals surface area contributed by atoms with Gasteiger partial charge in [-0.05, 0) is 17.9 Å². The van der Waals surface area contributed by atoms with Crippen LogP contribution in [-0.2, 0) is 0 Å². The zero-order valence-corrected chi connectivity index (χ0v) is 8.65. The van der Waals surface area contributed by atoms with Crippen LogP contribution < -0.4 is 5.32 Å². The number of rotatable bonds is 3. The molecule has 70 valence electrons. The first-order valence-electron chi connectivity index (χ1n) is 4.23. The minimum absolute atomic E-state index is 0.0171. The molecule has 0 aromatic heterocycles. The predicted octanol–water partition coefficient (Wildman–Crippen LogP) is 2.16. The molecule has 3 heteroatoms. The lowest BCUT2D eigenvalue weighted by molar-refractivity contribution is 0.0960. The van der Waals surface area contributed by atoms with Crippen LogP contribution in [-0.4, -0.2) is 18.7 Å². The SMILES string of the molecule is CCSc1ccccc1C(=O)NC. The van der Waals surface area contributed by atoms with Crippen molar-refractivity contribution in [2.45, 2.75) is 11.8 Å². The Hall–Kier alpha value is -0.960. The molecule has 1 rings (SSSR count). The number of thioether (sulfide) groups is 1. The van der Waals surface area contributed by atoms with Crippen molar-refractivity contribution in [2.75, 3.05) is 12.8 Å². The van der Waals surface area contributed by atoms with E-state index in [1.807, 2.05) is 24.3 Å². The van der Waals surface area contributed by atoms with Crippen molar-refractivity contribution in [2.24, 2.45) is 0 Å². The van der Waals surface area contributed by atoms with E-state index in [-0.39, 0.29) is 5.91 Å². The van der Waals surface area contributed by atoms with Gasteiger partial charge in [0.15, 0.2) is 0 Å². The van der Waals surface area contributed by atoms with Crippen LogP contribution in [0.25, 0.3) is 0 Å². The normalized spacial score (nSPS) is 9.69. The molecule has 1 amide bonds. The second-order valence-corrected chi connectivity index (χ2v) is 3.81. The molecule has 0 saturated heterocycles. The van der Waals surface area contributed by atoms with Crippen LogP contribution in [0.4, 0.5) is 0 Å². The summed E-state index contributed by atoms with van der Waals surface area (Å²) in [6, 6.07) is 7.64. The highest BCUT2D eigenvalue weighted by molar-refractivity contribution is 7.99. The number of amides is 1. The van der Waals surface area contributed by atoms with Gasteiger partial charge in [0.2, 0.25) is 0 Å². The van der Waals surface area contributed by atoms with E-state index < -0.39 is 0 Å². The number of hydrogen-bond acceptors (Lipinski definition) is 2. The fourth-order valence-electron chi connectivity index (χ4n) is 1.07. The Labute approximate surface area is 82.7 Å². The Morgan fingerprint density at radius 2 is 2.15 bits per heavy atom. The summed E-state index contributed by atoms with van der Waals surface area (Å²) < 4.78 is 0. The third-order valence-corrected chi connectivity index (χ3v) is 2.61. The smallest absolute Gasteiger partial charge is 0.252 e. The molecule has 0 unspecified atom stereocenters.